The number of carbonyl (C=O) groups is 2. The summed E-state index contributed by atoms with van der Waals surface area (Å²) in [5.41, 5.74) is 0.404. The first kappa shape index (κ1) is 22.3. The van der Waals surface area contributed by atoms with Crippen LogP contribution in [0.5, 0.6) is 5.75 Å². The fourth-order valence-corrected chi connectivity index (χ4v) is 3.69. The summed E-state index contributed by atoms with van der Waals surface area (Å²) < 4.78 is 17.0. The monoisotopic (exact) mass is 455 g/mol. The van der Waals surface area contributed by atoms with Crippen molar-refractivity contribution in [2.45, 2.75) is 20.0 Å². The molecule has 1 saturated heterocycles. The molecule has 0 radical (unpaired) electrons. The highest BCUT2D eigenvalue weighted by Crippen LogP contribution is 2.14. The van der Waals surface area contributed by atoms with Crippen LogP contribution in [0.15, 0.2) is 50.5 Å². The number of aromatic nitrogens is 2. The predicted octanol–water partition coefficient (Wildman–Crippen LogP) is 1.34. The number of nitrogens with zero attached hydrogens (tertiary/aromatic N) is 4. The van der Waals surface area contributed by atoms with Crippen molar-refractivity contribution in [3.05, 3.63) is 64.2 Å². The van der Waals surface area contributed by atoms with E-state index in [1.807, 2.05) is 0 Å². The summed E-state index contributed by atoms with van der Waals surface area (Å²) in [7, 11) is 1.41. The SMILES string of the molecule is COc1cn(CC(=O)Nc2cc(C)on2)c(CN2CCN(C(=O)c3ccco3)CC2)cc1=O. The molecule has 4 rings (SSSR count). The molecule has 33 heavy (non-hydrogen) atoms. The van der Waals surface area contributed by atoms with E-state index in [4.69, 9.17) is 13.7 Å². The van der Waals surface area contributed by atoms with Gasteiger partial charge in [-0.05, 0) is 19.1 Å². The van der Waals surface area contributed by atoms with Gasteiger partial charge in [0, 0.05) is 50.6 Å². The quantitative estimate of drug-likeness (QED) is 0.566. The number of pyridine rings is 1. The molecule has 4 heterocycles. The average Bonchev–Trinajstić information content (AvgIpc) is 3.47. The van der Waals surface area contributed by atoms with E-state index in [9.17, 15) is 14.4 Å². The molecule has 0 bridgehead atoms. The van der Waals surface area contributed by atoms with Crippen LogP contribution in [0.2, 0.25) is 0 Å². The Labute approximate surface area is 189 Å². The summed E-state index contributed by atoms with van der Waals surface area (Å²) in [6.07, 6.45) is 3.01. The van der Waals surface area contributed by atoms with Gasteiger partial charge in [0.1, 0.15) is 12.3 Å². The third kappa shape index (κ3) is 5.32. The Balaban J connectivity index is 1.43. The second-order valence-corrected chi connectivity index (χ2v) is 7.74. The topological polar surface area (TPSA) is 123 Å². The van der Waals surface area contributed by atoms with E-state index in [1.165, 1.54) is 25.6 Å². The second-order valence-electron chi connectivity index (χ2n) is 7.74. The lowest BCUT2D eigenvalue weighted by molar-refractivity contribution is -0.116. The molecule has 1 aliphatic heterocycles. The molecule has 1 fully saturated rings. The number of hydrogen-bond donors (Lipinski definition) is 1. The molecule has 11 nitrogen and oxygen atoms in total. The highest BCUT2D eigenvalue weighted by molar-refractivity contribution is 5.91. The molecule has 2 amide bonds. The van der Waals surface area contributed by atoms with Gasteiger partial charge in [-0.25, -0.2) is 0 Å². The van der Waals surface area contributed by atoms with Gasteiger partial charge in [-0.1, -0.05) is 5.16 Å². The smallest absolute Gasteiger partial charge is 0.289 e. The van der Waals surface area contributed by atoms with Crippen LogP contribution in [0.25, 0.3) is 0 Å². The lowest BCUT2D eigenvalue weighted by Gasteiger charge is -2.34. The lowest BCUT2D eigenvalue weighted by Crippen LogP contribution is -2.48. The van der Waals surface area contributed by atoms with Crippen molar-refractivity contribution in [3.8, 4) is 5.75 Å². The number of amides is 2. The van der Waals surface area contributed by atoms with Crippen LogP contribution in [-0.4, -0.2) is 64.6 Å². The van der Waals surface area contributed by atoms with Gasteiger partial charge in [-0.2, -0.15) is 0 Å². The first-order chi connectivity index (χ1) is 15.9. The van der Waals surface area contributed by atoms with Gasteiger partial charge in [0.25, 0.3) is 5.91 Å². The van der Waals surface area contributed by atoms with E-state index >= 15 is 0 Å². The molecule has 0 saturated carbocycles. The maximum atomic E-state index is 12.6. The van der Waals surface area contributed by atoms with Crippen LogP contribution in [0.1, 0.15) is 22.0 Å². The van der Waals surface area contributed by atoms with E-state index < -0.39 is 0 Å². The Kier molecular flexibility index (Phi) is 6.59. The van der Waals surface area contributed by atoms with E-state index in [2.05, 4.69) is 15.4 Å². The molecule has 0 unspecified atom stereocenters. The largest absolute Gasteiger partial charge is 0.491 e. The van der Waals surface area contributed by atoms with Gasteiger partial charge in [0.05, 0.1) is 19.6 Å². The molecule has 0 atom stereocenters. The number of ether oxygens (including phenoxy) is 1. The van der Waals surface area contributed by atoms with Crippen molar-refractivity contribution in [1.82, 2.24) is 19.5 Å². The van der Waals surface area contributed by atoms with Crippen LogP contribution in [0.3, 0.4) is 0 Å². The third-order valence-electron chi connectivity index (χ3n) is 5.39. The summed E-state index contributed by atoms with van der Waals surface area (Å²) in [6, 6.07) is 6.43. The van der Waals surface area contributed by atoms with Crippen LogP contribution in [0, 0.1) is 6.92 Å². The van der Waals surface area contributed by atoms with E-state index in [-0.39, 0.29) is 29.5 Å². The molecular formula is C22H25N5O6. The minimum Gasteiger partial charge on any atom is -0.491 e. The first-order valence-corrected chi connectivity index (χ1v) is 10.5. The molecular weight excluding hydrogens is 430 g/mol. The van der Waals surface area contributed by atoms with E-state index in [1.54, 1.807) is 34.6 Å². The number of methoxy groups -OCH3 is 1. The molecule has 0 aliphatic carbocycles. The number of rotatable bonds is 7. The van der Waals surface area contributed by atoms with Gasteiger partial charge >= 0.3 is 0 Å². The summed E-state index contributed by atoms with van der Waals surface area (Å²) in [4.78, 5) is 41.3. The van der Waals surface area contributed by atoms with Crippen molar-refractivity contribution >= 4 is 17.6 Å². The Morgan fingerprint density at radius 3 is 2.64 bits per heavy atom. The summed E-state index contributed by atoms with van der Waals surface area (Å²) in [6.45, 7) is 4.45. The first-order valence-electron chi connectivity index (χ1n) is 10.5. The molecule has 0 spiro atoms. The zero-order valence-corrected chi connectivity index (χ0v) is 18.4. The molecule has 0 aromatic carbocycles. The molecule has 11 heteroatoms. The maximum Gasteiger partial charge on any atom is 0.289 e. The minimum absolute atomic E-state index is 0.0329. The molecule has 3 aromatic rings. The van der Waals surface area contributed by atoms with Gasteiger partial charge in [-0.3, -0.25) is 19.3 Å². The highest BCUT2D eigenvalue weighted by atomic mass is 16.5. The number of hydrogen-bond acceptors (Lipinski definition) is 8. The number of nitrogens with one attached hydrogen (secondary N) is 1. The molecule has 1 aliphatic rings. The zero-order valence-electron chi connectivity index (χ0n) is 18.4. The summed E-state index contributed by atoms with van der Waals surface area (Å²) >= 11 is 0. The standard InChI is InChI=1S/C22H25N5O6/c1-15-10-20(24-33-15)23-21(29)14-27-13-19(31-2)17(28)11-16(27)12-25-5-7-26(8-6-25)22(30)18-4-3-9-32-18/h3-4,9-11,13H,5-8,12,14H2,1-2H3,(H,23,24,29). The number of aryl methyl sites for hydroxylation is 1. The van der Waals surface area contributed by atoms with E-state index in [0.29, 0.717) is 55.8 Å². The Morgan fingerprint density at radius 2 is 2.00 bits per heavy atom. The molecule has 3 aromatic heterocycles. The van der Waals surface area contributed by atoms with Crippen molar-refractivity contribution in [1.29, 1.82) is 0 Å². The minimum atomic E-state index is -0.316. The van der Waals surface area contributed by atoms with Crippen LogP contribution >= 0.6 is 0 Å². The summed E-state index contributed by atoms with van der Waals surface area (Å²) in [5.74, 6) is 0.924. The van der Waals surface area contributed by atoms with Crippen molar-refractivity contribution < 1.29 is 23.3 Å². The van der Waals surface area contributed by atoms with Crippen LogP contribution in [0.4, 0.5) is 5.82 Å². The average molecular weight is 455 g/mol. The predicted molar refractivity (Wildman–Crippen MR) is 117 cm³/mol. The van der Waals surface area contributed by atoms with Gasteiger partial charge in [-0.15, -0.1) is 0 Å². The van der Waals surface area contributed by atoms with Crippen LogP contribution < -0.4 is 15.5 Å². The maximum absolute atomic E-state index is 12.6. The Hall–Kier alpha value is -3.86. The molecule has 174 valence electrons. The van der Waals surface area contributed by atoms with Crippen molar-refractivity contribution in [2.75, 3.05) is 38.6 Å². The normalized spacial score (nSPS) is 14.3. The van der Waals surface area contributed by atoms with Crippen molar-refractivity contribution in [2.24, 2.45) is 0 Å². The number of anilines is 1. The Bertz CT molecular complexity index is 1170. The zero-order chi connectivity index (χ0) is 23.4. The number of carbonyl (C=O) groups excluding carboxylic acids is 2. The number of furan rings is 1. The van der Waals surface area contributed by atoms with Gasteiger partial charge in [0.15, 0.2) is 17.3 Å². The van der Waals surface area contributed by atoms with E-state index in [0.717, 1.165) is 0 Å². The lowest BCUT2D eigenvalue weighted by atomic mass is 10.2. The van der Waals surface area contributed by atoms with Crippen molar-refractivity contribution in [3.63, 3.8) is 0 Å². The third-order valence-corrected chi connectivity index (χ3v) is 5.39. The van der Waals surface area contributed by atoms with Gasteiger partial charge < -0.3 is 28.5 Å². The van der Waals surface area contributed by atoms with Gasteiger partial charge in [0.2, 0.25) is 11.3 Å². The fraction of sp³-hybridized carbons (Fsp3) is 0.364. The Morgan fingerprint density at radius 1 is 1.21 bits per heavy atom. The fourth-order valence-electron chi connectivity index (χ4n) is 3.69. The second kappa shape index (κ2) is 9.74. The van der Waals surface area contributed by atoms with Crippen LogP contribution in [-0.2, 0) is 17.9 Å². The highest BCUT2D eigenvalue weighted by Gasteiger charge is 2.24. The molecule has 1 N–H and O–H groups in total. The number of piperazine rings is 1. The summed E-state index contributed by atoms with van der Waals surface area (Å²) in [5, 5.41) is 6.44.